The van der Waals surface area contributed by atoms with Gasteiger partial charge in [-0.05, 0) is 44.9 Å². The molecule has 1 aliphatic rings. The fourth-order valence-electron chi connectivity index (χ4n) is 3.72. The number of piperidine rings is 1. The number of carbonyl (C=O) groups is 1. The van der Waals surface area contributed by atoms with Crippen molar-refractivity contribution in [2.24, 2.45) is 5.92 Å². The van der Waals surface area contributed by atoms with Gasteiger partial charge in [0.2, 0.25) is 0 Å². The Balaban J connectivity index is 1.54. The average molecular weight is 364 g/mol. The molecule has 3 heterocycles. The molecule has 0 amide bonds. The van der Waals surface area contributed by atoms with E-state index in [1.54, 1.807) is 6.33 Å². The van der Waals surface area contributed by atoms with Crippen molar-refractivity contribution in [3.63, 3.8) is 0 Å². The van der Waals surface area contributed by atoms with E-state index in [1.807, 2.05) is 50.4 Å². The van der Waals surface area contributed by atoms with E-state index in [2.05, 4.69) is 19.9 Å². The maximum absolute atomic E-state index is 13.1. The Labute approximate surface area is 158 Å². The Bertz CT molecular complexity index is 950. The normalized spacial score (nSPS) is 17.4. The number of Topliss-reactive ketones (excluding diaryl/α,β-unsaturated/α-hetero) is 1. The molecule has 0 aliphatic carbocycles. The first-order chi connectivity index (χ1) is 13.1. The van der Waals surface area contributed by atoms with E-state index in [9.17, 15) is 4.79 Å². The summed E-state index contributed by atoms with van der Waals surface area (Å²) in [6, 6.07) is 9.51. The number of benzene rings is 1. The monoisotopic (exact) mass is 364 g/mol. The van der Waals surface area contributed by atoms with E-state index < -0.39 is 0 Å². The second-order valence-corrected chi connectivity index (χ2v) is 7.28. The third-order valence-corrected chi connectivity index (χ3v) is 4.91. The molecule has 0 bridgehead atoms. The first-order valence-electron chi connectivity index (χ1n) is 9.46. The summed E-state index contributed by atoms with van der Waals surface area (Å²) < 4.78 is 5.74. The number of aromatic amines is 1. The first-order valence-corrected chi connectivity index (χ1v) is 9.46. The molecule has 0 spiro atoms. The number of nitrogens with one attached hydrogen (secondary N) is 1. The van der Waals surface area contributed by atoms with Crippen LogP contribution in [0.15, 0.2) is 42.9 Å². The van der Waals surface area contributed by atoms with Crippen LogP contribution in [0, 0.1) is 5.92 Å². The zero-order valence-corrected chi connectivity index (χ0v) is 15.7. The highest BCUT2D eigenvalue weighted by atomic mass is 16.5. The summed E-state index contributed by atoms with van der Waals surface area (Å²) in [6.07, 6.45) is 5.39. The van der Waals surface area contributed by atoms with Crippen molar-refractivity contribution in [2.75, 3.05) is 18.0 Å². The molecule has 6 heteroatoms. The number of anilines is 1. The molecule has 27 heavy (non-hydrogen) atoms. The summed E-state index contributed by atoms with van der Waals surface area (Å²) in [7, 11) is 0. The predicted octanol–water partition coefficient (Wildman–Crippen LogP) is 3.84. The number of carbonyl (C=O) groups excluding carboxylic acids is 1. The number of rotatable bonds is 5. The van der Waals surface area contributed by atoms with Gasteiger partial charge in [0.25, 0.3) is 0 Å². The maximum Gasteiger partial charge on any atom is 0.167 e. The van der Waals surface area contributed by atoms with Gasteiger partial charge in [0.1, 0.15) is 23.5 Å². The number of hydrogen-bond donors (Lipinski definition) is 1. The van der Waals surface area contributed by atoms with Crippen LogP contribution >= 0.6 is 0 Å². The van der Waals surface area contributed by atoms with E-state index in [0.717, 1.165) is 47.6 Å². The smallest absolute Gasteiger partial charge is 0.167 e. The molecular formula is C21H24N4O2. The van der Waals surface area contributed by atoms with Crippen molar-refractivity contribution in [3.05, 3.63) is 48.4 Å². The highest BCUT2D eigenvalue weighted by Crippen LogP contribution is 2.29. The molecule has 1 fully saturated rings. The van der Waals surface area contributed by atoms with Crippen LogP contribution in [0.1, 0.15) is 37.0 Å². The van der Waals surface area contributed by atoms with Gasteiger partial charge in [-0.1, -0.05) is 12.1 Å². The quantitative estimate of drug-likeness (QED) is 0.697. The van der Waals surface area contributed by atoms with Gasteiger partial charge >= 0.3 is 0 Å². The largest absolute Gasteiger partial charge is 0.491 e. The number of nitrogens with zero attached hydrogens (tertiary/aromatic N) is 3. The van der Waals surface area contributed by atoms with Gasteiger partial charge in [-0.3, -0.25) is 4.79 Å². The van der Waals surface area contributed by atoms with E-state index in [0.29, 0.717) is 6.54 Å². The maximum atomic E-state index is 13.1. The minimum Gasteiger partial charge on any atom is -0.491 e. The van der Waals surface area contributed by atoms with Gasteiger partial charge in [0.05, 0.1) is 11.5 Å². The van der Waals surface area contributed by atoms with Gasteiger partial charge in [-0.15, -0.1) is 0 Å². The molecule has 1 aromatic carbocycles. The van der Waals surface area contributed by atoms with Crippen LogP contribution < -0.4 is 9.64 Å². The van der Waals surface area contributed by atoms with E-state index in [1.165, 1.54) is 0 Å². The van der Waals surface area contributed by atoms with E-state index >= 15 is 0 Å². The highest BCUT2D eigenvalue weighted by Gasteiger charge is 2.28. The Kier molecular flexibility index (Phi) is 4.79. The van der Waals surface area contributed by atoms with Crippen molar-refractivity contribution in [1.29, 1.82) is 0 Å². The number of H-pyrrole nitrogens is 1. The SMILES string of the molecule is CC(C)Oc1cccc(C(=O)C2CCCN(c3ncnc4[nH]ccc34)C2)c1. The van der Waals surface area contributed by atoms with E-state index in [-0.39, 0.29) is 17.8 Å². The third kappa shape index (κ3) is 3.65. The fourth-order valence-corrected chi connectivity index (χ4v) is 3.72. The Morgan fingerprint density at radius 3 is 3.04 bits per heavy atom. The van der Waals surface area contributed by atoms with Gasteiger partial charge in [0.15, 0.2) is 5.78 Å². The van der Waals surface area contributed by atoms with Gasteiger partial charge < -0.3 is 14.6 Å². The molecule has 6 nitrogen and oxygen atoms in total. The molecule has 4 rings (SSSR count). The van der Waals surface area contributed by atoms with Crippen LogP contribution in [-0.4, -0.2) is 39.9 Å². The third-order valence-electron chi connectivity index (χ3n) is 4.91. The number of hydrogen-bond acceptors (Lipinski definition) is 5. The molecule has 1 saturated heterocycles. The molecule has 0 saturated carbocycles. The summed E-state index contributed by atoms with van der Waals surface area (Å²) >= 11 is 0. The van der Waals surface area contributed by atoms with Crippen molar-refractivity contribution in [2.45, 2.75) is 32.8 Å². The van der Waals surface area contributed by atoms with Crippen LogP contribution in [0.2, 0.25) is 0 Å². The molecule has 1 aliphatic heterocycles. The zero-order chi connectivity index (χ0) is 18.8. The van der Waals surface area contributed by atoms with Crippen molar-refractivity contribution in [1.82, 2.24) is 15.0 Å². The lowest BCUT2D eigenvalue weighted by atomic mass is 9.90. The first kappa shape index (κ1) is 17.5. The molecule has 0 radical (unpaired) electrons. The Hall–Kier alpha value is -2.89. The summed E-state index contributed by atoms with van der Waals surface area (Å²) in [6.45, 7) is 5.54. The lowest BCUT2D eigenvalue weighted by Gasteiger charge is -2.33. The fraction of sp³-hybridized carbons (Fsp3) is 0.381. The molecule has 140 valence electrons. The van der Waals surface area contributed by atoms with Crippen LogP contribution in [0.4, 0.5) is 5.82 Å². The summed E-state index contributed by atoms with van der Waals surface area (Å²) in [5.74, 6) is 1.77. The Morgan fingerprint density at radius 2 is 2.19 bits per heavy atom. The molecule has 1 atom stereocenters. The van der Waals surface area contributed by atoms with Gasteiger partial charge in [0, 0.05) is 30.8 Å². The lowest BCUT2D eigenvalue weighted by molar-refractivity contribution is 0.0906. The molecule has 3 aromatic rings. The second kappa shape index (κ2) is 7.39. The number of aromatic nitrogens is 3. The lowest BCUT2D eigenvalue weighted by Crippen LogP contribution is -2.39. The predicted molar refractivity (Wildman–Crippen MR) is 105 cm³/mol. The molecular weight excluding hydrogens is 340 g/mol. The average Bonchev–Trinajstić information content (AvgIpc) is 3.16. The van der Waals surface area contributed by atoms with Crippen molar-refractivity contribution >= 4 is 22.6 Å². The number of fused-ring (bicyclic) bond motifs is 1. The highest BCUT2D eigenvalue weighted by molar-refractivity contribution is 5.99. The second-order valence-electron chi connectivity index (χ2n) is 7.28. The number of ketones is 1. The summed E-state index contributed by atoms with van der Waals surface area (Å²) in [4.78, 5) is 27.2. The van der Waals surface area contributed by atoms with Gasteiger partial charge in [-0.25, -0.2) is 9.97 Å². The van der Waals surface area contributed by atoms with Crippen LogP contribution in [0.3, 0.4) is 0 Å². The van der Waals surface area contributed by atoms with Crippen LogP contribution in [-0.2, 0) is 0 Å². The minimum atomic E-state index is -0.0444. The van der Waals surface area contributed by atoms with E-state index in [4.69, 9.17) is 4.74 Å². The topological polar surface area (TPSA) is 71.1 Å². The molecule has 1 N–H and O–H groups in total. The molecule has 1 unspecified atom stereocenters. The zero-order valence-electron chi connectivity index (χ0n) is 15.7. The minimum absolute atomic E-state index is 0.0444. The summed E-state index contributed by atoms with van der Waals surface area (Å²) in [5.41, 5.74) is 1.54. The summed E-state index contributed by atoms with van der Waals surface area (Å²) in [5, 5.41) is 0.998. The van der Waals surface area contributed by atoms with Crippen LogP contribution in [0.25, 0.3) is 11.0 Å². The number of ether oxygens (including phenoxy) is 1. The van der Waals surface area contributed by atoms with Crippen molar-refractivity contribution < 1.29 is 9.53 Å². The van der Waals surface area contributed by atoms with Crippen LogP contribution in [0.5, 0.6) is 5.75 Å². The standard InChI is InChI=1S/C21H24N4O2/c1-14(2)27-17-7-3-5-15(11-17)19(26)16-6-4-10-25(12-16)21-18-8-9-22-20(18)23-13-24-21/h3,5,7-9,11,13-14,16H,4,6,10,12H2,1-2H3,(H,22,23,24). The van der Waals surface area contributed by atoms with Crippen molar-refractivity contribution in [3.8, 4) is 5.75 Å². The Morgan fingerprint density at radius 1 is 1.30 bits per heavy atom. The van der Waals surface area contributed by atoms with Gasteiger partial charge in [-0.2, -0.15) is 0 Å². The molecule has 2 aromatic heterocycles.